The number of carbonyl (C=O) groups is 1. The number of hydrogen-bond donors (Lipinski definition) is 1. The summed E-state index contributed by atoms with van der Waals surface area (Å²) in [6.07, 6.45) is -4.91. The van der Waals surface area contributed by atoms with E-state index >= 15 is 0 Å². The Balaban J connectivity index is 1.75. The molecule has 0 fully saturated rings. The second-order valence-corrected chi connectivity index (χ2v) is 9.02. The lowest BCUT2D eigenvalue weighted by atomic mass is 10.1. The zero-order chi connectivity index (χ0) is 24.2. The summed E-state index contributed by atoms with van der Waals surface area (Å²) in [6.45, 7) is 0.00910. The van der Waals surface area contributed by atoms with Gasteiger partial charge in [0.2, 0.25) is 6.10 Å². The van der Waals surface area contributed by atoms with Crippen molar-refractivity contribution < 1.29 is 36.2 Å². The molecule has 0 bridgehead atoms. The molecule has 7 nitrogen and oxygen atoms in total. The van der Waals surface area contributed by atoms with Crippen molar-refractivity contribution in [1.82, 2.24) is 9.29 Å². The van der Waals surface area contributed by atoms with Gasteiger partial charge in [-0.15, -0.1) is 0 Å². The Morgan fingerprint density at radius 2 is 1.79 bits per heavy atom. The number of halogens is 3. The minimum Gasteiger partial charge on any atom is -0.478 e. The SMILES string of the molecule is CN(Cc1ccc(OC(C(=O)O)c2cccc(C(F)(F)F)c2)cc1)S(=O)(=O)c1ccccn1. The monoisotopic (exact) mass is 480 g/mol. The highest BCUT2D eigenvalue weighted by Crippen LogP contribution is 2.32. The van der Waals surface area contributed by atoms with Crippen molar-refractivity contribution in [2.75, 3.05) is 7.05 Å². The molecule has 1 aromatic heterocycles. The molecule has 3 rings (SSSR count). The molecule has 0 aliphatic carbocycles. The second-order valence-electron chi connectivity index (χ2n) is 7.03. The summed E-state index contributed by atoms with van der Waals surface area (Å²) in [4.78, 5) is 15.5. The number of ether oxygens (including phenoxy) is 1. The van der Waals surface area contributed by atoms with Gasteiger partial charge in [-0.1, -0.05) is 30.3 Å². The molecule has 0 amide bonds. The first-order valence-corrected chi connectivity index (χ1v) is 11.0. The topological polar surface area (TPSA) is 96.8 Å². The summed E-state index contributed by atoms with van der Waals surface area (Å²) in [5.41, 5.74) is -0.569. The predicted molar refractivity (Wildman–Crippen MR) is 112 cm³/mol. The summed E-state index contributed by atoms with van der Waals surface area (Å²) in [5, 5.41) is 9.37. The van der Waals surface area contributed by atoms with Crippen LogP contribution in [0.2, 0.25) is 0 Å². The van der Waals surface area contributed by atoms with Crippen LogP contribution in [0.25, 0.3) is 0 Å². The molecule has 0 radical (unpaired) electrons. The molecule has 174 valence electrons. The smallest absolute Gasteiger partial charge is 0.416 e. The molecule has 11 heteroatoms. The predicted octanol–water partition coefficient (Wildman–Crippen LogP) is 4.13. The van der Waals surface area contributed by atoms with E-state index in [9.17, 15) is 31.5 Å². The molecule has 1 heterocycles. The average Bonchev–Trinajstić information content (AvgIpc) is 2.78. The quantitative estimate of drug-likeness (QED) is 0.521. The minimum absolute atomic E-state index is 0.00910. The molecule has 1 atom stereocenters. The molecule has 1 N–H and O–H groups in total. The van der Waals surface area contributed by atoms with Crippen LogP contribution in [0.4, 0.5) is 13.2 Å². The van der Waals surface area contributed by atoms with Crippen LogP contribution in [-0.4, -0.2) is 35.8 Å². The maximum atomic E-state index is 13.0. The molecular weight excluding hydrogens is 461 g/mol. The first-order valence-electron chi connectivity index (χ1n) is 9.51. The van der Waals surface area contributed by atoms with Gasteiger partial charge in [0.1, 0.15) is 5.75 Å². The van der Waals surface area contributed by atoms with Gasteiger partial charge < -0.3 is 9.84 Å². The fourth-order valence-electron chi connectivity index (χ4n) is 2.95. The van der Waals surface area contributed by atoms with E-state index in [-0.39, 0.29) is 22.9 Å². The molecule has 1 unspecified atom stereocenters. The molecule has 3 aromatic rings. The van der Waals surface area contributed by atoms with Gasteiger partial charge in [-0.05, 0) is 42.0 Å². The Hall–Kier alpha value is -3.44. The molecule has 2 aromatic carbocycles. The highest BCUT2D eigenvalue weighted by atomic mass is 32.2. The van der Waals surface area contributed by atoms with Gasteiger partial charge in [-0.3, -0.25) is 0 Å². The zero-order valence-corrected chi connectivity index (χ0v) is 18.0. The molecular formula is C22H19F3N2O5S. The van der Waals surface area contributed by atoms with E-state index in [2.05, 4.69) is 4.98 Å². The van der Waals surface area contributed by atoms with E-state index in [0.717, 1.165) is 22.5 Å². The van der Waals surface area contributed by atoms with Crippen molar-refractivity contribution in [3.05, 3.63) is 89.6 Å². The van der Waals surface area contributed by atoms with Crippen LogP contribution < -0.4 is 4.74 Å². The summed E-state index contributed by atoms with van der Waals surface area (Å²) < 4.78 is 70.6. The van der Waals surface area contributed by atoms with Gasteiger partial charge in [-0.2, -0.15) is 17.5 Å². The zero-order valence-electron chi connectivity index (χ0n) is 17.2. The van der Waals surface area contributed by atoms with E-state index in [1.807, 2.05) is 0 Å². The molecule has 0 aliphatic rings. The van der Waals surface area contributed by atoms with E-state index in [1.54, 1.807) is 12.1 Å². The highest BCUT2D eigenvalue weighted by molar-refractivity contribution is 7.89. The Kier molecular flexibility index (Phi) is 7.04. The number of carboxylic acid groups (broad SMARTS) is 1. The Morgan fingerprint density at radius 1 is 1.09 bits per heavy atom. The number of hydrogen-bond acceptors (Lipinski definition) is 5. The lowest BCUT2D eigenvalue weighted by molar-refractivity contribution is -0.146. The van der Waals surface area contributed by atoms with Gasteiger partial charge in [0, 0.05) is 25.4 Å². The first-order chi connectivity index (χ1) is 15.5. The maximum absolute atomic E-state index is 13.0. The van der Waals surface area contributed by atoms with Crippen LogP contribution in [0.15, 0.2) is 78.0 Å². The van der Waals surface area contributed by atoms with Crippen LogP contribution in [0.5, 0.6) is 5.75 Å². The number of aliphatic carboxylic acids is 1. The number of carboxylic acids is 1. The van der Waals surface area contributed by atoms with E-state index in [0.29, 0.717) is 5.56 Å². The third-order valence-electron chi connectivity index (χ3n) is 4.64. The van der Waals surface area contributed by atoms with E-state index in [1.165, 1.54) is 49.6 Å². The van der Waals surface area contributed by atoms with Gasteiger partial charge in [0.15, 0.2) is 5.03 Å². The van der Waals surface area contributed by atoms with Crippen LogP contribution in [0, 0.1) is 0 Å². The van der Waals surface area contributed by atoms with Crippen molar-refractivity contribution in [2.45, 2.75) is 23.9 Å². The van der Waals surface area contributed by atoms with Crippen molar-refractivity contribution in [3.8, 4) is 5.75 Å². The number of benzene rings is 2. The van der Waals surface area contributed by atoms with Gasteiger partial charge in [0.05, 0.1) is 5.56 Å². The average molecular weight is 480 g/mol. The third kappa shape index (κ3) is 5.88. The largest absolute Gasteiger partial charge is 0.478 e. The summed E-state index contributed by atoms with van der Waals surface area (Å²) in [7, 11) is -2.42. The molecule has 0 aliphatic heterocycles. The van der Waals surface area contributed by atoms with E-state index < -0.39 is 33.8 Å². The number of aromatic nitrogens is 1. The van der Waals surface area contributed by atoms with Crippen molar-refractivity contribution >= 4 is 16.0 Å². The Bertz CT molecular complexity index is 1220. The first kappa shape index (κ1) is 24.2. The number of sulfonamides is 1. The standard InChI is InChI=1S/C22H19F3N2O5S/c1-27(33(30,31)19-7-2-3-12-26-19)14-15-8-10-18(11-9-15)32-20(21(28)29)16-5-4-6-17(13-16)22(23,24)25/h2-13,20H,14H2,1H3,(H,28,29). The van der Waals surface area contributed by atoms with E-state index in [4.69, 9.17) is 4.74 Å². The highest BCUT2D eigenvalue weighted by Gasteiger charge is 2.32. The van der Waals surface area contributed by atoms with Crippen LogP contribution in [-0.2, 0) is 27.5 Å². The van der Waals surface area contributed by atoms with Crippen molar-refractivity contribution in [2.24, 2.45) is 0 Å². The number of nitrogens with zero attached hydrogens (tertiary/aromatic N) is 2. The minimum atomic E-state index is -4.62. The lowest BCUT2D eigenvalue weighted by Gasteiger charge is -2.18. The maximum Gasteiger partial charge on any atom is 0.416 e. The van der Waals surface area contributed by atoms with Crippen LogP contribution in [0.3, 0.4) is 0 Å². The summed E-state index contributed by atoms with van der Waals surface area (Å²) >= 11 is 0. The number of rotatable bonds is 8. The van der Waals surface area contributed by atoms with Crippen molar-refractivity contribution in [3.63, 3.8) is 0 Å². The third-order valence-corrected chi connectivity index (χ3v) is 6.36. The van der Waals surface area contributed by atoms with Gasteiger partial charge in [0.25, 0.3) is 10.0 Å². The van der Waals surface area contributed by atoms with Crippen LogP contribution >= 0.6 is 0 Å². The molecule has 33 heavy (non-hydrogen) atoms. The normalized spacial score (nSPS) is 13.0. The summed E-state index contributed by atoms with van der Waals surface area (Å²) in [5.74, 6) is -1.36. The fraction of sp³-hybridized carbons (Fsp3) is 0.182. The van der Waals surface area contributed by atoms with Crippen molar-refractivity contribution in [1.29, 1.82) is 0 Å². The second kappa shape index (κ2) is 9.59. The lowest BCUT2D eigenvalue weighted by Crippen LogP contribution is -2.27. The summed E-state index contributed by atoms with van der Waals surface area (Å²) in [6, 6.07) is 14.3. The molecule has 0 saturated carbocycles. The molecule has 0 saturated heterocycles. The number of alkyl halides is 3. The number of pyridine rings is 1. The van der Waals surface area contributed by atoms with Gasteiger partial charge in [-0.25, -0.2) is 18.2 Å². The fourth-order valence-corrected chi connectivity index (χ4v) is 4.03. The van der Waals surface area contributed by atoms with Gasteiger partial charge >= 0.3 is 12.1 Å². The Labute approximate surface area is 188 Å². The Morgan fingerprint density at radius 3 is 2.36 bits per heavy atom. The van der Waals surface area contributed by atoms with Crippen LogP contribution in [0.1, 0.15) is 22.8 Å². The molecule has 0 spiro atoms.